The maximum Gasteiger partial charge on any atom is 0.172 e. The van der Waals surface area contributed by atoms with Crippen LogP contribution in [0.3, 0.4) is 0 Å². The molecule has 1 aliphatic rings. The number of aromatic nitrogens is 4. The van der Waals surface area contributed by atoms with Crippen LogP contribution in [-0.4, -0.2) is 31.4 Å². The van der Waals surface area contributed by atoms with Crippen molar-refractivity contribution in [2.75, 3.05) is 5.32 Å². The van der Waals surface area contributed by atoms with Crippen molar-refractivity contribution in [2.24, 2.45) is 0 Å². The lowest BCUT2D eigenvalue weighted by Gasteiger charge is -2.17. The summed E-state index contributed by atoms with van der Waals surface area (Å²) in [5.41, 5.74) is 1.35. The third-order valence-corrected chi connectivity index (χ3v) is 4.91. The van der Waals surface area contributed by atoms with Crippen LogP contribution < -0.4 is 5.32 Å². The number of nitrogens with zero attached hydrogens (tertiary/aromatic N) is 4. The molecule has 1 N–H and O–H groups in total. The van der Waals surface area contributed by atoms with E-state index in [1.165, 1.54) is 38.5 Å². The SMILES string of the molecule is O=C(Cc1nc2cccc(NC3CCCCCC3)n2n1)c1cccnc1. The summed E-state index contributed by atoms with van der Waals surface area (Å²) in [6, 6.07) is 9.94. The summed E-state index contributed by atoms with van der Waals surface area (Å²) in [6.07, 6.45) is 11.0. The summed E-state index contributed by atoms with van der Waals surface area (Å²) in [4.78, 5) is 20.9. The van der Waals surface area contributed by atoms with Gasteiger partial charge in [0.15, 0.2) is 17.3 Å². The van der Waals surface area contributed by atoms with Gasteiger partial charge < -0.3 is 5.32 Å². The second-order valence-electron chi connectivity index (χ2n) is 6.88. The van der Waals surface area contributed by atoms with Crippen LogP contribution in [0.2, 0.25) is 0 Å². The summed E-state index contributed by atoms with van der Waals surface area (Å²) in [6.45, 7) is 0. The molecule has 0 atom stereocenters. The van der Waals surface area contributed by atoms with E-state index in [-0.39, 0.29) is 12.2 Å². The molecule has 1 aliphatic carbocycles. The Kier molecular flexibility index (Phi) is 4.91. The number of rotatable bonds is 5. The lowest BCUT2D eigenvalue weighted by molar-refractivity contribution is 0.0990. The van der Waals surface area contributed by atoms with Gasteiger partial charge in [0.1, 0.15) is 5.82 Å². The van der Waals surface area contributed by atoms with Gasteiger partial charge >= 0.3 is 0 Å². The zero-order chi connectivity index (χ0) is 17.8. The molecule has 1 saturated carbocycles. The minimum absolute atomic E-state index is 0.0210. The Morgan fingerprint density at radius 3 is 2.73 bits per heavy atom. The highest BCUT2D eigenvalue weighted by molar-refractivity contribution is 5.96. The van der Waals surface area contributed by atoms with Crippen molar-refractivity contribution in [3.05, 3.63) is 54.1 Å². The van der Waals surface area contributed by atoms with E-state index in [1.54, 1.807) is 24.5 Å². The zero-order valence-electron chi connectivity index (χ0n) is 14.8. The first kappa shape index (κ1) is 16.7. The molecule has 3 aromatic rings. The van der Waals surface area contributed by atoms with Crippen LogP contribution in [0.4, 0.5) is 5.82 Å². The normalized spacial score (nSPS) is 15.7. The minimum atomic E-state index is -0.0210. The molecule has 0 unspecified atom stereocenters. The van der Waals surface area contributed by atoms with Crippen LogP contribution in [0.25, 0.3) is 5.65 Å². The number of carbonyl (C=O) groups excluding carboxylic acids is 1. The molecule has 3 heterocycles. The van der Waals surface area contributed by atoms with Gasteiger partial charge in [-0.3, -0.25) is 9.78 Å². The molecular weight excluding hydrogens is 326 g/mol. The maximum absolute atomic E-state index is 12.4. The molecule has 4 rings (SSSR count). The second kappa shape index (κ2) is 7.64. The Morgan fingerprint density at radius 2 is 1.96 bits per heavy atom. The average molecular weight is 349 g/mol. The number of Topliss-reactive ketones (excluding diaryl/α,β-unsaturated/α-hetero) is 1. The van der Waals surface area contributed by atoms with Crippen molar-refractivity contribution in [2.45, 2.75) is 51.0 Å². The van der Waals surface area contributed by atoms with Gasteiger partial charge in [-0.2, -0.15) is 4.52 Å². The lowest BCUT2D eigenvalue weighted by atomic mass is 10.1. The van der Waals surface area contributed by atoms with Gasteiger partial charge in [-0.05, 0) is 37.1 Å². The molecular formula is C20H23N5O. The number of pyridine rings is 2. The van der Waals surface area contributed by atoms with Crippen molar-refractivity contribution in [1.82, 2.24) is 19.6 Å². The molecule has 0 amide bonds. The Bertz CT molecular complexity index is 882. The summed E-state index contributed by atoms with van der Waals surface area (Å²) < 4.78 is 1.82. The van der Waals surface area contributed by atoms with Crippen molar-refractivity contribution in [1.29, 1.82) is 0 Å². The molecule has 0 bridgehead atoms. The fourth-order valence-electron chi connectivity index (χ4n) is 3.54. The van der Waals surface area contributed by atoms with Crippen LogP contribution in [-0.2, 0) is 6.42 Å². The Hall–Kier alpha value is -2.76. The fourth-order valence-corrected chi connectivity index (χ4v) is 3.54. The van der Waals surface area contributed by atoms with E-state index in [1.807, 2.05) is 22.7 Å². The number of hydrogen-bond acceptors (Lipinski definition) is 5. The van der Waals surface area contributed by atoms with Crippen LogP contribution in [0.1, 0.15) is 54.7 Å². The van der Waals surface area contributed by atoms with Crippen molar-refractivity contribution in [3.63, 3.8) is 0 Å². The topological polar surface area (TPSA) is 72.2 Å². The third-order valence-electron chi connectivity index (χ3n) is 4.91. The molecule has 0 aromatic carbocycles. The van der Waals surface area contributed by atoms with E-state index in [4.69, 9.17) is 0 Å². The predicted octanol–water partition coefficient (Wildman–Crippen LogP) is 3.68. The predicted molar refractivity (Wildman–Crippen MR) is 100 cm³/mol. The third kappa shape index (κ3) is 3.74. The first-order valence-electron chi connectivity index (χ1n) is 9.34. The van der Waals surface area contributed by atoms with Gasteiger partial charge in [0.2, 0.25) is 0 Å². The van der Waals surface area contributed by atoms with Crippen molar-refractivity contribution >= 4 is 17.2 Å². The van der Waals surface area contributed by atoms with Gasteiger partial charge in [-0.25, -0.2) is 4.98 Å². The van der Waals surface area contributed by atoms with Gasteiger partial charge in [0, 0.05) is 24.0 Å². The van der Waals surface area contributed by atoms with Crippen LogP contribution in [0, 0.1) is 0 Å². The van der Waals surface area contributed by atoms with E-state index >= 15 is 0 Å². The number of fused-ring (bicyclic) bond motifs is 1. The van der Waals surface area contributed by atoms with E-state index in [0.29, 0.717) is 17.4 Å². The molecule has 0 saturated heterocycles. The number of carbonyl (C=O) groups is 1. The Balaban J connectivity index is 1.54. The number of ketones is 1. The monoisotopic (exact) mass is 349 g/mol. The van der Waals surface area contributed by atoms with E-state index < -0.39 is 0 Å². The van der Waals surface area contributed by atoms with E-state index in [2.05, 4.69) is 20.4 Å². The molecule has 3 aromatic heterocycles. The molecule has 0 spiro atoms. The highest BCUT2D eigenvalue weighted by Crippen LogP contribution is 2.21. The maximum atomic E-state index is 12.4. The van der Waals surface area contributed by atoms with Crippen molar-refractivity contribution in [3.8, 4) is 0 Å². The zero-order valence-corrected chi connectivity index (χ0v) is 14.8. The van der Waals surface area contributed by atoms with Crippen LogP contribution in [0.5, 0.6) is 0 Å². The van der Waals surface area contributed by atoms with Gasteiger partial charge in [0.25, 0.3) is 0 Å². The Labute approximate surface area is 152 Å². The number of anilines is 1. The van der Waals surface area contributed by atoms with Crippen LogP contribution in [0.15, 0.2) is 42.7 Å². The number of hydrogen-bond donors (Lipinski definition) is 1. The molecule has 6 heteroatoms. The fraction of sp³-hybridized carbons (Fsp3) is 0.400. The summed E-state index contributed by atoms with van der Waals surface area (Å²) in [5.74, 6) is 1.46. The molecule has 26 heavy (non-hydrogen) atoms. The van der Waals surface area contributed by atoms with Gasteiger partial charge in [0.05, 0.1) is 6.42 Å². The van der Waals surface area contributed by atoms with Crippen LogP contribution >= 0.6 is 0 Å². The minimum Gasteiger partial charge on any atom is -0.367 e. The van der Waals surface area contributed by atoms with Gasteiger partial charge in [-0.1, -0.05) is 31.7 Å². The van der Waals surface area contributed by atoms with Gasteiger partial charge in [-0.15, -0.1) is 5.10 Å². The molecule has 134 valence electrons. The first-order valence-corrected chi connectivity index (χ1v) is 9.34. The number of nitrogens with one attached hydrogen (secondary N) is 1. The quantitative estimate of drug-likeness (QED) is 0.562. The molecule has 0 aliphatic heterocycles. The van der Waals surface area contributed by atoms with E-state index in [9.17, 15) is 4.79 Å². The smallest absolute Gasteiger partial charge is 0.172 e. The average Bonchev–Trinajstić information content (AvgIpc) is 2.90. The Morgan fingerprint density at radius 1 is 1.12 bits per heavy atom. The standard InChI is InChI=1S/C20H23N5O/c26-17(15-7-6-12-21-14-15)13-18-23-20-11-5-10-19(25(20)24-18)22-16-8-3-1-2-4-9-16/h5-7,10-12,14,16,22H,1-4,8-9,13H2. The summed E-state index contributed by atoms with van der Waals surface area (Å²) in [7, 11) is 0. The summed E-state index contributed by atoms with van der Waals surface area (Å²) >= 11 is 0. The van der Waals surface area contributed by atoms with Crippen molar-refractivity contribution < 1.29 is 4.79 Å². The van der Waals surface area contributed by atoms with E-state index in [0.717, 1.165) is 11.5 Å². The first-order chi connectivity index (χ1) is 12.8. The highest BCUT2D eigenvalue weighted by Gasteiger charge is 2.16. The molecule has 0 radical (unpaired) electrons. The second-order valence-corrected chi connectivity index (χ2v) is 6.88. The molecule has 1 fully saturated rings. The lowest BCUT2D eigenvalue weighted by Crippen LogP contribution is -2.20. The highest BCUT2D eigenvalue weighted by atomic mass is 16.1. The summed E-state index contributed by atoms with van der Waals surface area (Å²) in [5, 5.41) is 8.20. The largest absolute Gasteiger partial charge is 0.367 e. The molecule has 6 nitrogen and oxygen atoms in total.